The van der Waals surface area contributed by atoms with Gasteiger partial charge in [0.15, 0.2) is 17.5 Å². The second-order valence-electron chi connectivity index (χ2n) is 6.34. The Morgan fingerprint density at radius 2 is 1.87 bits per heavy atom. The van der Waals surface area contributed by atoms with E-state index in [1.807, 2.05) is 6.92 Å². The van der Waals surface area contributed by atoms with Crippen molar-refractivity contribution in [2.45, 2.75) is 26.2 Å². The minimum atomic E-state index is -3.00. The summed E-state index contributed by atoms with van der Waals surface area (Å²) in [6.07, 6.45) is -0.891. The lowest BCUT2D eigenvalue weighted by Crippen LogP contribution is -2.39. The SMILES string of the molecule is CCNC(=NCc1cc2c(cc1OC(F)F)OCO2)NCC(O)c1ccc(F)cc1. The Hall–Kier alpha value is -3.14. The molecule has 2 aromatic carbocycles. The molecule has 1 heterocycles. The van der Waals surface area contributed by atoms with E-state index >= 15 is 0 Å². The van der Waals surface area contributed by atoms with Gasteiger partial charge in [-0.05, 0) is 30.7 Å². The molecule has 1 unspecified atom stereocenters. The van der Waals surface area contributed by atoms with Crippen molar-refractivity contribution in [3.05, 3.63) is 53.3 Å². The summed E-state index contributed by atoms with van der Waals surface area (Å²) in [5.41, 5.74) is 0.930. The number of benzene rings is 2. The Bertz CT molecular complexity index is 878. The number of guanidine groups is 1. The van der Waals surface area contributed by atoms with Crippen LogP contribution in [0.1, 0.15) is 24.2 Å². The molecule has 0 radical (unpaired) electrons. The lowest BCUT2D eigenvalue weighted by molar-refractivity contribution is -0.0505. The van der Waals surface area contributed by atoms with Crippen molar-refractivity contribution in [1.29, 1.82) is 0 Å². The average Bonchev–Trinajstić information content (AvgIpc) is 3.17. The van der Waals surface area contributed by atoms with Gasteiger partial charge in [-0.3, -0.25) is 0 Å². The molecule has 0 saturated heterocycles. The molecule has 1 atom stereocenters. The van der Waals surface area contributed by atoms with Crippen LogP contribution >= 0.6 is 0 Å². The molecule has 0 bridgehead atoms. The molecule has 1 aliphatic heterocycles. The Morgan fingerprint density at radius 3 is 2.53 bits per heavy atom. The van der Waals surface area contributed by atoms with Gasteiger partial charge in [0.2, 0.25) is 6.79 Å². The standard InChI is InChI=1S/C20H22F3N3O4/c1-2-24-20(26-10-15(27)12-3-5-14(21)6-4-12)25-9-13-7-17-18(29-11-28-17)8-16(13)30-19(22)23/h3-8,15,19,27H,2,9-11H2,1H3,(H2,24,25,26). The van der Waals surface area contributed by atoms with Gasteiger partial charge in [-0.1, -0.05) is 12.1 Å². The first-order valence-corrected chi connectivity index (χ1v) is 9.29. The first-order chi connectivity index (χ1) is 14.5. The summed E-state index contributed by atoms with van der Waals surface area (Å²) in [7, 11) is 0. The molecule has 1 aliphatic rings. The highest BCUT2D eigenvalue weighted by Gasteiger charge is 2.20. The van der Waals surface area contributed by atoms with E-state index in [-0.39, 0.29) is 31.4 Å². The van der Waals surface area contributed by atoms with Gasteiger partial charge in [0.1, 0.15) is 11.6 Å². The Balaban J connectivity index is 1.70. The molecule has 0 amide bonds. The highest BCUT2D eigenvalue weighted by molar-refractivity contribution is 5.79. The molecule has 3 rings (SSSR count). The van der Waals surface area contributed by atoms with Crippen LogP contribution < -0.4 is 24.8 Å². The number of nitrogens with zero attached hydrogens (tertiary/aromatic N) is 1. The topological polar surface area (TPSA) is 84.3 Å². The van der Waals surface area contributed by atoms with Gasteiger partial charge in [0.05, 0.1) is 12.6 Å². The Labute approximate surface area is 171 Å². The number of fused-ring (bicyclic) bond motifs is 1. The fourth-order valence-corrected chi connectivity index (χ4v) is 2.80. The number of nitrogens with one attached hydrogen (secondary N) is 2. The van der Waals surface area contributed by atoms with E-state index in [1.165, 1.54) is 30.3 Å². The van der Waals surface area contributed by atoms with E-state index < -0.39 is 12.7 Å². The van der Waals surface area contributed by atoms with Crippen LogP contribution in [0.5, 0.6) is 17.2 Å². The predicted molar refractivity (Wildman–Crippen MR) is 103 cm³/mol. The molecule has 10 heteroatoms. The van der Waals surface area contributed by atoms with Crippen LogP contribution in [0.4, 0.5) is 13.2 Å². The second kappa shape index (κ2) is 10.1. The largest absolute Gasteiger partial charge is 0.454 e. The smallest absolute Gasteiger partial charge is 0.387 e. The number of rotatable bonds is 8. The highest BCUT2D eigenvalue weighted by atomic mass is 19.3. The van der Waals surface area contributed by atoms with Gasteiger partial charge in [-0.2, -0.15) is 8.78 Å². The van der Waals surface area contributed by atoms with Crippen LogP contribution in [-0.4, -0.2) is 37.6 Å². The maximum atomic E-state index is 13.0. The van der Waals surface area contributed by atoms with Crippen molar-refractivity contribution in [3.63, 3.8) is 0 Å². The zero-order valence-electron chi connectivity index (χ0n) is 16.2. The summed E-state index contributed by atoms with van der Waals surface area (Å²) >= 11 is 0. The zero-order valence-corrected chi connectivity index (χ0v) is 16.2. The highest BCUT2D eigenvalue weighted by Crippen LogP contribution is 2.39. The number of aliphatic imine (C=N–C) groups is 1. The number of alkyl halides is 2. The van der Waals surface area contributed by atoms with E-state index in [2.05, 4.69) is 20.4 Å². The van der Waals surface area contributed by atoms with Crippen LogP contribution in [0, 0.1) is 5.82 Å². The van der Waals surface area contributed by atoms with Crippen molar-refractivity contribution < 1.29 is 32.5 Å². The van der Waals surface area contributed by atoms with Crippen LogP contribution in [0.25, 0.3) is 0 Å². The van der Waals surface area contributed by atoms with Crippen LogP contribution in [0.15, 0.2) is 41.4 Å². The lowest BCUT2D eigenvalue weighted by atomic mass is 10.1. The van der Waals surface area contributed by atoms with E-state index in [0.29, 0.717) is 35.1 Å². The summed E-state index contributed by atoms with van der Waals surface area (Å²) in [4.78, 5) is 4.36. The molecule has 162 valence electrons. The zero-order chi connectivity index (χ0) is 21.5. The molecular formula is C20H22F3N3O4. The van der Waals surface area contributed by atoms with Crippen molar-refractivity contribution in [3.8, 4) is 17.2 Å². The van der Waals surface area contributed by atoms with Crippen molar-refractivity contribution in [2.24, 2.45) is 4.99 Å². The Kier molecular flexibility index (Phi) is 7.23. The van der Waals surface area contributed by atoms with Gasteiger partial charge in [0.25, 0.3) is 0 Å². The average molecular weight is 425 g/mol. The number of aliphatic hydroxyl groups is 1. The van der Waals surface area contributed by atoms with Crippen LogP contribution in [0.3, 0.4) is 0 Å². The molecule has 0 aromatic heterocycles. The third-order valence-corrected chi connectivity index (χ3v) is 4.24. The molecule has 3 N–H and O–H groups in total. The van der Waals surface area contributed by atoms with Crippen molar-refractivity contribution in [2.75, 3.05) is 19.9 Å². The monoisotopic (exact) mass is 425 g/mol. The predicted octanol–water partition coefficient (Wildman–Crippen LogP) is 2.94. The molecule has 0 fully saturated rings. The molecule has 0 aliphatic carbocycles. The summed E-state index contributed by atoms with van der Waals surface area (Å²) < 4.78 is 53.6. The van der Waals surface area contributed by atoms with Gasteiger partial charge >= 0.3 is 6.61 Å². The number of hydrogen-bond acceptors (Lipinski definition) is 5. The first kappa shape index (κ1) is 21.6. The third kappa shape index (κ3) is 5.69. The normalized spacial score (nSPS) is 14.0. The summed E-state index contributed by atoms with van der Waals surface area (Å²) in [5, 5.41) is 16.2. The van der Waals surface area contributed by atoms with Gasteiger partial charge in [0, 0.05) is 24.7 Å². The van der Waals surface area contributed by atoms with Gasteiger partial charge < -0.3 is 30.0 Å². The number of hydrogen-bond donors (Lipinski definition) is 3. The van der Waals surface area contributed by atoms with Crippen molar-refractivity contribution >= 4 is 5.96 Å². The van der Waals surface area contributed by atoms with Crippen LogP contribution in [0.2, 0.25) is 0 Å². The van der Waals surface area contributed by atoms with Gasteiger partial charge in [-0.25, -0.2) is 9.38 Å². The molecule has 2 aromatic rings. The second-order valence-corrected chi connectivity index (χ2v) is 6.34. The number of aliphatic hydroxyl groups excluding tert-OH is 1. The maximum Gasteiger partial charge on any atom is 0.387 e. The number of ether oxygens (including phenoxy) is 3. The first-order valence-electron chi connectivity index (χ1n) is 9.29. The molecule has 30 heavy (non-hydrogen) atoms. The fraction of sp³-hybridized carbons (Fsp3) is 0.350. The van der Waals surface area contributed by atoms with E-state index in [0.717, 1.165) is 0 Å². The minimum Gasteiger partial charge on any atom is -0.454 e. The molecule has 0 spiro atoms. The van der Waals surface area contributed by atoms with Crippen molar-refractivity contribution in [1.82, 2.24) is 10.6 Å². The maximum absolute atomic E-state index is 13.0. The van der Waals surface area contributed by atoms with E-state index in [1.54, 1.807) is 6.07 Å². The summed E-state index contributed by atoms with van der Waals surface area (Å²) in [6.45, 7) is -0.466. The Morgan fingerprint density at radius 1 is 1.17 bits per heavy atom. The third-order valence-electron chi connectivity index (χ3n) is 4.24. The molecule has 0 saturated carbocycles. The summed E-state index contributed by atoms with van der Waals surface area (Å²) in [6, 6.07) is 8.40. The molecule has 7 nitrogen and oxygen atoms in total. The lowest BCUT2D eigenvalue weighted by Gasteiger charge is -2.16. The number of halogens is 3. The van der Waals surface area contributed by atoms with Gasteiger partial charge in [-0.15, -0.1) is 0 Å². The molecular weight excluding hydrogens is 403 g/mol. The summed E-state index contributed by atoms with van der Waals surface area (Å²) in [5.74, 6) is 0.663. The van der Waals surface area contributed by atoms with E-state index in [9.17, 15) is 18.3 Å². The minimum absolute atomic E-state index is 0.00163. The van der Waals surface area contributed by atoms with E-state index in [4.69, 9.17) is 9.47 Å². The van der Waals surface area contributed by atoms with Crippen LogP contribution in [-0.2, 0) is 6.54 Å². The fourth-order valence-electron chi connectivity index (χ4n) is 2.80. The quantitative estimate of drug-likeness (QED) is 0.446.